The summed E-state index contributed by atoms with van der Waals surface area (Å²) in [5, 5.41) is 37.2. The van der Waals surface area contributed by atoms with Gasteiger partial charge in [0.15, 0.2) is 23.0 Å². The molecular formula is C32H22N4O6. The first-order valence-electron chi connectivity index (χ1n) is 12.2. The maximum atomic E-state index is 9.38. The van der Waals surface area contributed by atoms with Crippen LogP contribution in [0.25, 0.3) is 11.1 Å². The highest BCUT2D eigenvalue weighted by atomic mass is 16.5. The summed E-state index contributed by atoms with van der Waals surface area (Å²) in [7, 11) is 5.93. The maximum Gasteiger partial charge on any atom is 0.211 e. The van der Waals surface area contributed by atoms with E-state index in [1.807, 2.05) is 24.3 Å². The number of nitrogens with zero attached hydrogens (tertiary/aromatic N) is 4. The van der Waals surface area contributed by atoms with Crippen molar-refractivity contribution in [3.05, 3.63) is 82.9 Å². The fourth-order valence-corrected chi connectivity index (χ4v) is 4.08. The lowest BCUT2D eigenvalue weighted by Crippen LogP contribution is -1.98. The zero-order chi connectivity index (χ0) is 30.2. The van der Waals surface area contributed by atoms with Crippen molar-refractivity contribution >= 4 is 0 Å². The molecule has 0 radical (unpaired) electrons. The Labute approximate surface area is 242 Å². The van der Waals surface area contributed by atoms with Crippen molar-refractivity contribution in [3.8, 4) is 81.4 Å². The van der Waals surface area contributed by atoms with Gasteiger partial charge in [-0.2, -0.15) is 21.0 Å². The first-order chi connectivity index (χ1) is 20.4. The molecule has 0 spiro atoms. The molecule has 4 rings (SSSR count). The Kier molecular flexibility index (Phi) is 8.64. The molecule has 0 aliphatic rings. The Balaban J connectivity index is 1.77. The van der Waals surface area contributed by atoms with Gasteiger partial charge >= 0.3 is 0 Å². The van der Waals surface area contributed by atoms with E-state index in [2.05, 4.69) is 0 Å². The van der Waals surface area contributed by atoms with Crippen LogP contribution >= 0.6 is 0 Å². The molecule has 0 unspecified atom stereocenters. The van der Waals surface area contributed by atoms with Gasteiger partial charge in [0.05, 0.1) is 50.7 Å². The lowest BCUT2D eigenvalue weighted by molar-refractivity contribution is 0.345. The fourth-order valence-electron chi connectivity index (χ4n) is 4.08. The van der Waals surface area contributed by atoms with Gasteiger partial charge in [-0.25, -0.2) is 0 Å². The van der Waals surface area contributed by atoms with Crippen LogP contribution in [0.15, 0.2) is 60.7 Å². The molecule has 0 atom stereocenters. The maximum absolute atomic E-state index is 9.38. The van der Waals surface area contributed by atoms with Gasteiger partial charge in [-0.15, -0.1) is 0 Å². The van der Waals surface area contributed by atoms with E-state index in [4.69, 9.17) is 28.4 Å². The average molecular weight is 559 g/mol. The summed E-state index contributed by atoms with van der Waals surface area (Å²) in [6, 6.07) is 24.0. The van der Waals surface area contributed by atoms with Crippen molar-refractivity contribution in [1.29, 1.82) is 21.0 Å². The lowest BCUT2D eigenvalue weighted by Gasteiger charge is -2.18. The molecule has 0 heterocycles. The molecule has 4 aromatic carbocycles. The molecular weight excluding hydrogens is 536 g/mol. The first-order valence-corrected chi connectivity index (χ1v) is 12.2. The number of benzene rings is 4. The van der Waals surface area contributed by atoms with E-state index in [1.165, 1.54) is 52.7 Å². The molecule has 0 amide bonds. The summed E-state index contributed by atoms with van der Waals surface area (Å²) < 4.78 is 34.6. The molecule has 10 heteroatoms. The molecule has 0 fully saturated rings. The molecule has 0 bridgehead atoms. The molecule has 0 saturated heterocycles. The highest BCUT2D eigenvalue weighted by Gasteiger charge is 2.21. The number of rotatable bonds is 9. The standard InChI is InChI=1S/C32H22N4O6/c1-37-27-11-21(12-28(38-2)31(27)41-25-7-5-19(15-33)23(9-25)17-35)22-13-29(39-3)32(30(14-22)40-4)42-26-8-6-20(16-34)24(10-26)18-36/h5-14H,1-4H3. The van der Waals surface area contributed by atoms with Crippen LogP contribution in [0.3, 0.4) is 0 Å². The largest absolute Gasteiger partial charge is 0.493 e. The summed E-state index contributed by atoms with van der Waals surface area (Å²) in [4.78, 5) is 0. The SMILES string of the molecule is COc1cc(-c2cc(OC)c(Oc3ccc(C#N)c(C#N)c3)c(OC)c2)cc(OC)c1Oc1ccc(C#N)c(C#N)c1. The van der Waals surface area contributed by atoms with E-state index in [1.54, 1.807) is 36.4 Å². The Morgan fingerprint density at radius 3 is 1.00 bits per heavy atom. The Morgan fingerprint density at radius 1 is 0.429 bits per heavy atom. The smallest absolute Gasteiger partial charge is 0.211 e. The fraction of sp³-hybridized carbons (Fsp3) is 0.125. The van der Waals surface area contributed by atoms with E-state index in [9.17, 15) is 21.0 Å². The number of hydrogen-bond donors (Lipinski definition) is 0. The van der Waals surface area contributed by atoms with Gasteiger partial charge in [-0.1, -0.05) is 0 Å². The number of nitriles is 4. The third kappa shape index (κ3) is 5.65. The highest BCUT2D eigenvalue weighted by molar-refractivity contribution is 5.76. The van der Waals surface area contributed by atoms with Crippen molar-refractivity contribution in [3.63, 3.8) is 0 Å². The zero-order valence-electron chi connectivity index (χ0n) is 23.0. The minimum atomic E-state index is 0.177. The van der Waals surface area contributed by atoms with Gasteiger partial charge in [0.25, 0.3) is 0 Å². The molecule has 0 aliphatic carbocycles. The third-order valence-electron chi connectivity index (χ3n) is 6.16. The highest BCUT2D eigenvalue weighted by Crippen LogP contribution is 2.48. The normalized spacial score (nSPS) is 9.81. The molecule has 0 aliphatic heterocycles. The zero-order valence-corrected chi connectivity index (χ0v) is 23.0. The first kappa shape index (κ1) is 28.6. The molecule has 206 valence electrons. The van der Waals surface area contributed by atoms with Crippen LogP contribution in [0.1, 0.15) is 22.3 Å². The Morgan fingerprint density at radius 2 is 0.738 bits per heavy atom. The predicted octanol–water partition coefficient (Wildman–Crippen LogP) is 6.46. The van der Waals surface area contributed by atoms with Crippen molar-refractivity contribution < 1.29 is 28.4 Å². The van der Waals surface area contributed by atoms with Crippen LogP contribution in [-0.2, 0) is 0 Å². The second kappa shape index (κ2) is 12.7. The quantitative estimate of drug-likeness (QED) is 0.224. The lowest BCUT2D eigenvalue weighted by atomic mass is 10.0. The molecule has 42 heavy (non-hydrogen) atoms. The summed E-state index contributed by atoms with van der Waals surface area (Å²) in [6.07, 6.45) is 0. The monoisotopic (exact) mass is 558 g/mol. The van der Waals surface area contributed by atoms with E-state index in [0.29, 0.717) is 45.6 Å². The van der Waals surface area contributed by atoms with E-state index in [0.717, 1.165) is 0 Å². The van der Waals surface area contributed by atoms with Gasteiger partial charge in [0.2, 0.25) is 11.5 Å². The molecule has 10 nitrogen and oxygen atoms in total. The molecule has 4 aromatic rings. The second-order valence-electron chi connectivity index (χ2n) is 8.49. The summed E-state index contributed by atoms with van der Waals surface area (Å²) in [5.74, 6) is 2.54. The van der Waals surface area contributed by atoms with Gasteiger partial charge in [0.1, 0.15) is 35.8 Å². The summed E-state index contributed by atoms with van der Waals surface area (Å²) >= 11 is 0. The second-order valence-corrected chi connectivity index (χ2v) is 8.49. The van der Waals surface area contributed by atoms with E-state index < -0.39 is 0 Å². The van der Waals surface area contributed by atoms with Crippen molar-refractivity contribution in [2.75, 3.05) is 28.4 Å². The minimum Gasteiger partial charge on any atom is -0.493 e. The van der Waals surface area contributed by atoms with Gasteiger partial charge in [-0.3, -0.25) is 0 Å². The van der Waals surface area contributed by atoms with Crippen molar-refractivity contribution in [2.45, 2.75) is 0 Å². The topological polar surface area (TPSA) is 151 Å². The van der Waals surface area contributed by atoms with Crippen LogP contribution < -0.4 is 28.4 Å². The summed E-state index contributed by atoms with van der Waals surface area (Å²) in [5.41, 5.74) is 2.16. The Bertz CT molecular complexity index is 1660. The Hall–Kier alpha value is -6.36. The van der Waals surface area contributed by atoms with E-state index >= 15 is 0 Å². The minimum absolute atomic E-state index is 0.177. The number of hydrogen-bond acceptors (Lipinski definition) is 10. The van der Waals surface area contributed by atoms with Gasteiger partial charge in [-0.05, 0) is 71.8 Å². The number of ether oxygens (including phenoxy) is 6. The molecule has 0 saturated carbocycles. The van der Waals surface area contributed by atoms with Crippen LogP contribution in [0.5, 0.6) is 46.0 Å². The predicted molar refractivity (Wildman–Crippen MR) is 150 cm³/mol. The molecule has 0 N–H and O–H groups in total. The average Bonchev–Trinajstić information content (AvgIpc) is 3.04. The van der Waals surface area contributed by atoms with Crippen LogP contribution in [-0.4, -0.2) is 28.4 Å². The summed E-state index contributed by atoms with van der Waals surface area (Å²) in [6.45, 7) is 0. The van der Waals surface area contributed by atoms with Crippen molar-refractivity contribution in [2.24, 2.45) is 0 Å². The van der Waals surface area contributed by atoms with Crippen LogP contribution in [0.4, 0.5) is 0 Å². The van der Waals surface area contributed by atoms with Gasteiger partial charge in [0, 0.05) is 0 Å². The van der Waals surface area contributed by atoms with Gasteiger partial charge < -0.3 is 28.4 Å². The molecule has 0 aromatic heterocycles. The third-order valence-corrected chi connectivity index (χ3v) is 6.16. The van der Waals surface area contributed by atoms with Crippen LogP contribution in [0, 0.1) is 45.3 Å². The number of methoxy groups -OCH3 is 4. The van der Waals surface area contributed by atoms with E-state index in [-0.39, 0.29) is 33.8 Å². The van der Waals surface area contributed by atoms with Crippen molar-refractivity contribution in [1.82, 2.24) is 0 Å². The van der Waals surface area contributed by atoms with Crippen LogP contribution in [0.2, 0.25) is 0 Å².